The minimum absolute atomic E-state index is 0.229. The molecule has 0 atom stereocenters. The number of amides is 2. The zero-order chi connectivity index (χ0) is 20.1. The highest BCUT2D eigenvalue weighted by atomic mass is 32.1. The van der Waals surface area contributed by atoms with Crippen LogP contribution >= 0.6 is 12.6 Å². The van der Waals surface area contributed by atoms with E-state index >= 15 is 0 Å². The number of carbonyl (C=O) groups is 2. The number of nitrogens with one attached hydrogen (secondary N) is 1. The van der Waals surface area contributed by atoms with Gasteiger partial charge >= 0.3 is 0 Å². The van der Waals surface area contributed by atoms with Gasteiger partial charge in [0.15, 0.2) is 0 Å². The molecule has 0 bridgehead atoms. The molecule has 0 saturated carbocycles. The van der Waals surface area contributed by atoms with Gasteiger partial charge in [0.05, 0.1) is 16.8 Å². The van der Waals surface area contributed by atoms with Crippen molar-refractivity contribution < 1.29 is 9.59 Å². The number of rotatable bonds is 6. The van der Waals surface area contributed by atoms with Crippen LogP contribution in [0.1, 0.15) is 27.6 Å². The number of nitrogens with zero attached hydrogens (tertiary/aromatic N) is 3. The SMILES string of the molecule is CCN(Cn1cccn1)C(=O)c1ccc(N)cc1NC(=O)c1ccccc1S. The summed E-state index contributed by atoms with van der Waals surface area (Å²) in [5.74, 6) is -0.590. The van der Waals surface area contributed by atoms with E-state index in [1.165, 1.54) is 0 Å². The van der Waals surface area contributed by atoms with Crippen molar-refractivity contribution in [2.75, 3.05) is 17.6 Å². The summed E-state index contributed by atoms with van der Waals surface area (Å²) >= 11 is 4.32. The number of nitrogen functional groups attached to an aromatic ring is 1. The van der Waals surface area contributed by atoms with Crippen LogP contribution in [0.15, 0.2) is 65.8 Å². The monoisotopic (exact) mass is 395 g/mol. The van der Waals surface area contributed by atoms with Gasteiger partial charge in [-0.1, -0.05) is 12.1 Å². The van der Waals surface area contributed by atoms with Crippen molar-refractivity contribution in [2.24, 2.45) is 0 Å². The Bertz CT molecular complexity index is 988. The van der Waals surface area contributed by atoms with Crippen LogP contribution in [0.3, 0.4) is 0 Å². The topological polar surface area (TPSA) is 93.2 Å². The van der Waals surface area contributed by atoms with Crippen LogP contribution < -0.4 is 11.1 Å². The molecule has 28 heavy (non-hydrogen) atoms. The van der Waals surface area contributed by atoms with E-state index in [4.69, 9.17) is 5.73 Å². The van der Waals surface area contributed by atoms with Crippen molar-refractivity contribution >= 4 is 35.8 Å². The van der Waals surface area contributed by atoms with Gasteiger partial charge in [-0.2, -0.15) is 5.10 Å². The molecule has 0 spiro atoms. The summed E-state index contributed by atoms with van der Waals surface area (Å²) < 4.78 is 1.66. The van der Waals surface area contributed by atoms with Crippen LogP contribution in [0.5, 0.6) is 0 Å². The molecular formula is C20H21N5O2S. The van der Waals surface area contributed by atoms with E-state index in [1.807, 2.05) is 6.92 Å². The van der Waals surface area contributed by atoms with E-state index in [2.05, 4.69) is 23.0 Å². The summed E-state index contributed by atoms with van der Waals surface area (Å²) in [6.45, 7) is 2.67. The van der Waals surface area contributed by atoms with Crippen molar-refractivity contribution in [3.8, 4) is 0 Å². The van der Waals surface area contributed by atoms with E-state index in [1.54, 1.807) is 70.5 Å². The van der Waals surface area contributed by atoms with Gasteiger partial charge in [0.2, 0.25) is 0 Å². The summed E-state index contributed by atoms with van der Waals surface area (Å²) in [5, 5.41) is 6.93. The van der Waals surface area contributed by atoms with E-state index < -0.39 is 0 Å². The molecule has 0 radical (unpaired) electrons. The fourth-order valence-electron chi connectivity index (χ4n) is 2.74. The summed E-state index contributed by atoms with van der Waals surface area (Å²) in [7, 11) is 0. The minimum Gasteiger partial charge on any atom is -0.399 e. The third-order valence-corrected chi connectivity index (χ3v) is 4.60. The van der Waals surface area contributed by atoms with Crippen molar-refractivity contribution in [1.29, 1.82) is 0 Å². The fourth-order valence-corrected chi connectivity index (χ4v) is 3.01. The summed E-state index contributed by atoms with van der Waals surface area (Å²) in [6, 6.07) is 13.6. The Kier molecular flexibility index (Phi) is 6.00. The van der Waals surface area contributed by atoms with Crippen LogP contribution in [-0.4, -0.2) is 33.0 Å². The number of aromatic nitrogens is 2. The van der Waals surface area contributed by atoms with Crippen LogP contribution in [0.2, 0.25) is 0 Å². The largest absolute Gasteiger partial charge is 0.399 e. The Balaban J connectivity index is 1.88. The molecule has 3 rings (SSSR count). The predicted molar refractivity (Wildman–Crippen MR) is 111 cm³/mol. The van der Waals surface area contributed by atoms with Crippen LogP contribution in [0, 0.1) is 0 Å². The summed E-state index contributed by atoms with van der Waals surface area (Å²) in [6.07, 6.45) is 3.44. The molecule has 0 aliphatic rings. The quantitative estimate of drug-likeness (QED) is 0.442. The number of hydrogen-bond donors (Lipinski definition) is 3. The molecule has 1 aromatic heterocycles. The molecular weight excluding hydrogens is 374 g/mol. The molecule has 2 amide bonds. The summed E-state index contributed by atoms with van der Waals surface area (Å²) in [4.78, 5) is 27.9. The smallest absolute Gasteiger partial charge is 0.257 e. The van der Waals surface area contributed by atoms with Crippen molar-refractivity contribution in [3.05, 3.63) is 72.1 Å². The molecule has 7 nitrogen and oxygen atoms in total. The Morgan fingerprint density at radius 1 is 1.18 bits per heavy atom. The van der Waals surface area contributed by atoms with E-state index in [9.17, 15) is 9.59 Å². The first-order valence-corrected chi connectivity index (χ1v) is 9.20. The third kappa shape index (κ3) is 4.34. The number of carbonyl (C=O) groups excluding carboxylic acids is 2. The maximum Gasteiger partial charge on any atom is 0.257 e. The number of hydrogen-bond acceptors (Lipinski definition) is 5. The van der Waals surface area contributed by atoms with Crippen LogP contribution in [0.25, 0.3) is 0 Å². The van der Waals surface area contributed by atoms with Gasteiger partial charge in [-0.25, -0.2) is 0 Å². The van der Waals surface area contributed by atoms with E-state index in [0.29, 0.717) is 40.6 Å². The minimum atomic E-state index is -0.361. The molecule has 0 aliphatic carbocycles. The van der Waals surface area contributed by atoms with Crippen LogP contribution in [-0.2, 0) is 6.67 Å². The standard InChI is InChI=1S/C20H21N5O2S/c1-2-24(13-25-11-5-10-22-25)20(27)15-9-8-14(21)12-17(15)23-19(26)16-6-3-4-7-18(16)28/h3-12,28H,2,13,21H2,1H3,(H,23,26). The average Bonchev–Trinajstić information content (AvgIpc) is 3.19. The van der Waals surface area contributed by atoms with Gasteiger partial charge in [0.1, 0.15) is 6.67 Å². The second-order valence-corrected chi connectivity index (χ2v) is 6.61. The molecule has 0 saturated heterocycles. The molecule has 1 heterocycles. The highest BCUT2D eigenvalue weighted by Crippen LogP contribution is 2.23. The van der Waals surface area contributed by atoms with Crippen molar-refractivity contribution in [2.45, 2.75) is 18.5 Å². The number of anilines is 2. The van der Waals surface area contributed by atoms with Crippen molar-refractivity contribution in [3.63, 3.8) is 0 Å². The van der Waals surface area contributed by atoms with Gasteiger partial charge in [-0.3, -0.25) is 14.3 Å². The molecule has 3 aromatic rings. The van der Waals surface area contributed by atoms with Crippen LogP contribution in [0.4, 0.5) is 11.4 Å². The Labute approximate surface area is 168 Å². The van der Waals surface area contributed by atoms with Gasteiger partial charge in [-0.15, -0.1) is 12.6 Å². The summed E-state index contributed by atoms with van der Waals surface area (Å²) in [5.41, 5.74) is 7.45. The Morgan fingerprint density at radius 2 is 1.96 bits per heavy atom. The fraction of sp³-hybridized carbons (Fsp3) is 0.150. The lowest BCUT2D eigenvalue weighted by atomic mass is 10.1. The molecule has 2 aromatic carbocycles. The first-order chi connectivity index (χ1) is 13.5. The zero-order valence-corrected chi connectivity index (χ0v) is 16.3. The van der Waals surface area contributed by atoms with Gasteiger partial charge in [0.25, 0.3) is 11.8 Å². The molecule has 0 fully saturated rings. The van der Waals surface area contributed by atoms with Gasteiger partial charge < -0.3 is 16.0 Å². The highest BCUT2D eigenvalue weighted by molar-refractivity contribution is 7.80. The second-order valence-electron chi connectivity index (χ2n) is 6.12. The lowest BCUT2D eigenvalue weighted by molar-refractivity contribution is 0.0706. The van der Waals surface area contributed by atoms with E-state index in [-0.39, 0.29) is 11.8 Å². The highest BCUT2D eigenvalue weighted by Gasteiger charge is 2.20. The molecule has 3 N–H and O–H groups in total. The normalized spacial score (nSPS) is 10.5. The first-order valence-electron chi connectivity index (χ1n) is 8.75. The zero-order valence-electron chi connectivity index (χ0n) is 15.4. The maximum atomic E-state index is 13.1. The molecule has 8 heteroatoms. The number of nitrogens with two attached hydrogens (primary N) is 1. The van der Waals surface area contributed by atoms with Gasteiger partial charge in [0, 0.05) is 29.5 Å². The average molecular weight is 395 g/mol. The van der Waals surface area contributed by atoms with E-state index in [0.717, 1.165) is 0 Å². The number of thiol groups is 1. The molecule has 0 aliphatic heterocycles. The molecule has 144 valence electrons. The van der Waals surface area contributed by atoms with Crippen molar-refractivity contribution in [1.82, 2.24) is 14.7 Å². The molecule has 0 unspecified atom stereocenters. The number of benzene rings is 2. The predicted octanol–water partition coefficient (Wildman–Crippen LogP) is 3.13. The Hall–Kier alpha value is -3.26. The first kappa shape index (κ1) is 19.5. The second kappa shape index (κ2) is 8.62. The Morgan fingerprint density at radius 3 is 2.64 bits per heavy atom. The lowest BCUT2D eigenvalue weighted by Crippen LogP contribution is -2.33. The third-order valence-electron chi connectivity index (χ3n) is 4.21. The maximum absolute atomic E-state index is 13.1. The van der Waals surface area contributed by atoms with Gasteiger partial charge in [-0.05, 0) is 43.3 Å². The lowest BCUT2D eigenvalue weighted by Gasteiger charge is -2.22.